The number of nitrogens with zero attached hydrogens (tertiary/aromatic N) is 1. The number of hydrogen-bond acceptors (Lipinski definition) is 1. The fourth-order valence-electron chi connectivity index (χ4n) is 0.986. The Bertz CT molecular complexity index is 285. The van der Waals surface area contributed by atoms with Crippen LogP contribution in [0.4, 0.5) is 0 Å². The summed E-state index contributed by atoms with van der Waals surface area (Å²) in [4.78, 5) is 2.12. The summed E-state index contributed by atoms with van der Waals surface area (Å²) in [5.41, 5.74) is 1.36. The summed E-state index contributed by atoms with van der Waals surface area (Å²) in [7, 11) is 0. The Kier molecular flexibility index (Phi) is 2.22. The van der Waals surface area contributed by atoms with Gasteiger partial charge in [0.1, 0.15) is 0 Å². The van der Waals surface area contributed by atoms with Crippen molar-refractivity contribution in [2.45, 2.75) is 26.2 Å². The van der Waals surface area contributed by atoms with E-state index in [0.29, 0.717) is 14.5 Å². The first-order chi connectivity index (χ1) is 5.05. The molecule has 0 saturated heterocycles. The van der Waals surface area contributed by atoms with Gasteiger partial charge in [-0.05, 0) is 0 Å². The third-order valence-electron chi connectivity index (χ3n) is 1.57. The van der Waals surface area contributed by atoms with Crippen LogP contribution in [0.1, 0.15) is 30.8 Å². The zero-order chi connectivity index (χ0) is 8.48. The molecule has 0 saturated carbocycles. The van der Waals surface area contributed by atoms with Crippen LogP contribution in [0, 0.1) is 11.3 Å². The van der Waals surface area contributed by atoms with Gasteiger partial charge < -0.3 is 0 Å². The van der Waals surface area contributed by atoms with Crippen molar-refractivity contribution < 1.29 is 0 Å². The van der Waals surface area contributed by atoms with Crippen LogP contribution in [0.2, 0.25) is 0 Å². The molecule has 11 heavy (non-hydrogen) atoms. The van der Waals surface area contributed by atoms with Crippen molar-refractivity contribution in [3.05, 3.63) is 21.0 Å². The monoisotopic (exact) mass is 213 g/mol. The van der Waals surface area contributed by atoms with Gasteiger partial charge in [0.15, 0.2) is 0 Å². The second-order valence-electron chi connectivity index (χ2n) is 3.53. The molecule has 0 aromatic carbocycles. The van der Waals surface area contributed by atoms with Crippen molar-refractivity contribution in [1.29, 1.82) is 5.26 Å². The summed E-state index contributed by atoms with van der Waals surface area (Å²) in [6.45, 7) is 6.43. The average molecular weight is 212 g/mol. The van der Waals surface area contributed by atoms with Crippen molar-refractivity contribution in [2.24, 2.45) is 0 Å². The Labute approximate surface area is 73.4 Å². The molecule has 1 heterocycles. The molecule has 0 aliphatic carbocycles. The van der Waals surface area contributed by atoms with Gasteiger partial charge in [-0.2, -0.15) is 0 Å². The van der Waals surface area contributed by atoms with Gasteiger partial charge in [-0.3, -0.25) is 0 Å². The number of rotatable bonds is 0. The van der Waals surface area contributed by atoms with E-state index in [9.17, 15) is 0 Å². The second-order valence-corrected chi connectivity index (χ2v) is 5.45. The Morgan fingerprint density at radius 3 is 2.45 bits per heavy atom. The molecule has 0 unspecified atom stereocenters. The molecule has 1 aromatic heterocycles. The standard InChI is InChI=1S/C9H11NSe/c1-9(2,3)7-4-5-11-8(7)6-10/h4-5H,1-3H3. The van der Waals surface area contributed by atoms with Crippen LogP contribution in [-0.2, 0) is 5.41 Å². The third-order valence-corrected chi connectivity index (χ3v) is 3.29. The van der Waals surface area contributed by atoms with E-state index in [1.807, 2.05) is 0 Å². The van der Waals surface area contributed by atoms with Gasteiger partial charge in [-0.15, -0.1) is 0 Å². The Morgan fingerprint density at radius 1 is 1.45 bits per heavy atom. The van der Waals surface area contributed by atoms with Gasteiger partial charge in [0.25, 0.3) is 0 Å². The van der Waals surface area contributed by atoms with Crippen molar-refractivity contribution in [1.82, 2.24) is 0 Å². The fourth-order valence-corrected chi connectivity index (χ4v) is 2.86. The predicted octanol–water partition coefficient (Wildman–Crippen LogP) is 1.91. The zero-order valence-corrected chi connectivity index (χ0v) is 8.72. The van der Waals surface area contributed by atoms with E-state index in [-0.39, 0.29) is 5.41 Å². The molecule has 0 aliphatic heterocycles. The van der Waals surface area contributed by atoms with E-state index in [4.69, 9.17) is 5.26 Å². The quantitative estimate of drug-likeness (QED) is 0.602. The van der Waals surface area contributed by atoms with Crippen LogP contribution in [0.5, 0.6) is 0 Å². The van der Waals surface area contributed by atoms with Crippen molar-refractivity contribution >= 4 is 14.5 Å². The maximum absolute atomic E-state index is 8.77. The average Bonchev–Trinajstić information content (AvgIpc) is 2.31. The van der Waals surface area contributed by atoms with E-state index < -0.39 is 0 Å². The molecule has 0 bridgehead atoms. The summed E-state index contributed by atoms with van der Waals surface area (Å²) < 4.78 is 0.991. The molecule has 0 spiro atoms. The minimum absolute atomic E-state index is 0.139. The van der Waals surface area contributed by atoms with Crippen LogP contribution < -0.4 is 0 Å². The molecule has 1 rings (SSSR count). The molecule has 1 aromatic rings. The van der Waals surface area contributed by atoms with Crippen LogP contribution in [0.15, 0.2) is 11.0 Å². The first-order valence-electron chi connectivity index (χ1n) is 3.54. The van der Waals surface area contributed by atoms with Crippen molar-refractivity contribution in [3.8, 4) is 6.07 Å². The maximum atomic E-state index is 8.77. The molecular formula is C9H11NSe. The molecule has 0 radical (unpaired) electrons. The minimum atomic E-state index is 0.139. The van der Waals surface area contributed by atoms with E-state index >= 15 is 0 Å². The van der Waals surface area contributed by atoms with Crippen LogP contribution in [0.25, 0.3) is 0 Å². The van der Waals surface area contributed by atoms with Gasteiger partial charge in [0.2, 0.25) is 0 Å². The van der Waals surface area contributed by atoms with E-state index in [2.05, 4.69) is 37.8 Å². The van der Waals surface area contributed by atoms with Gasteiger partial charge >= 0.3 is 73.0 Å². The normalized spacial score (nSPS) is 11.1. The molecule has 0 atom stereocenters. The number of nitriles is 1. The molecule has 0 fully saturated rings. The molecule has 58 valence electrons. The molecule has 1 nitrogen and oxygen atoms in total. The fraction of sp³-hybridized carbons (Fsp3) is 0.444. The van der Waals surface area contributed by atoms with Crippen molar-refractivity contribution in [2.75, 3.05) is 0 Å². The first kappa shape index (κ1) is 8.58. The van der Waals surface area contributed by atoms with Crippen molar-refractivity contribution in [3.63, 3.8) is 0 Å². The van der Waals surface area contributed by atoms with E-state index in [1.54, 1.807) is 0 Å². The van der Waals surface area contributed by atoms with Crippen LogP contribution >= 0.6 is 0 Å². The van der Waals surface area contributed by atoms with E-state index in [0.717, 1.165) is 4.44 Å². The van der Waals surface area contributed by atoms with Crippen LogP contribution in [0.3, 0.4) is 0 Å². The van der Waals surface area contributed by atoms with Gasteiger partial charge in [-0.1, -0.05) is 0 Å². The second kappa shape index (κ2) is 2.85. The van der Waals surface area contributed by atoms with Gasteiger partial charge in [-0.25, -0.2) is 0 Å². The Hall–Kier alpha value is -0.511. The Balaban J connectivity index is 3.15. The van der Waals surface area contributed by atoms with E-state index in [1.165, 1.54) is 5.56 Å². The van der Waals surface area contributed by atoms with Gasteiger partial charge in [0.05, 0.1) is 0 Å². The predicted molar refractivity (Wildman–Crippen MR) is 46.8 cm³/mol. The zero-order valence-electron chi connectivity index (χ0n) is 7.01. The van der Waals surface area contributed by atoms with Crippen LogP contribution in [-0.4, -0.2) is 14.5 Å². The summed E-state index contributed by atoms with van der Waals surface area (Å²) in [5.74, 6) is 0. The van der Waals surface area contributed by atoms with Gasteiger partial charge in [0, 0.05) is 0 Å². The molecule has 0 amide bonds. The molecule has 2 heteroatoms. The SMILES string of the molecule is CC(C)(C)c1cc[se]c1C#N. The molecular weight excluding hydrogens is 201 g/mol. The number of hydrogen-bond donors (Lipinski definition) is 0. The topological polar surface area (TPSA) is 23.8 Å². The molecule has 0 N–H and O–H groups in total. The first-order valence-corrected chi connectivity index (χ1v) is 5.38. The summed E-state index contributed by atoms with van der Waals surface area (Å²) >= 11 is 0.303. The summed E-state index contributed by atoms with van der Waals surface area (Å²) in [6.07, 6.45) is 0. The summed E-state index contributed by atoms with van der Waals surface area (Å²) in [6, 6.07) is 4.36. The third kappa shape index (κ3) is 1.74. The summed E-state index contributed by atoms with van der Waals surface area (Å²) in [5, 5.41) is 8.77. The molecule has 0 aliphatic rings. The Morgan fingerprint density at radius 2 is 2.09 bits per heavy atom.